The van der Waals surface area contributed by atoms with Crippen molar-refractivity contribution in [2.24, 2.45) is 5.92 Å². The lowest BCUT2D eigenvalue weighted by Gasteiger charge is -2.34. The van der Waals surface area contributed by atoms with Gasteiger partial charge in [-0.05, 0) is 50.7 Å². The summed E-state index contributed by atoms with van der Waals surface area (Å²) in [5.74, 6) is 1.27. The molecule has 7 heteroatoms. The van der Waals surface area contributed by atoms with E-state index in [2.05, 4.69) is 38.6 Å². The summed E-state index contributed by atoms with van der Waals surface area (Å²) in [4.78, 5) is 11.3. The Balaban J connectivity index is 1.44. The van der Waals surface area contributed by atoms with E-state index in [1.54, 1.807) is 6.33 Å². The number of rotatable bonds is 5. The van der Waals surface area contributed by atoms with Crippen LogP contribution in [0.3, 0.4) is 0 Å². The molecule has 0 bridgehead atoms. The van der Waals surface area contributed by atoms with Crippen molar-refractivity contribution in [3.05, 3.63) is 30.1 Å². The number of fused-ring (bicyclic) bond motifs is 1. The molecule has 0 amide bonds. The fourth-order valence-electron chi connectivity index (χ4n) is 4.56. The average Bonchev–Trinajstić information content (AvgIpc) is 2.73. The van der Waals surface area contributed by atoms with Gasteiger partial charge in [-0.15, -0.1) is 0 Å². The molecule has 1 aromatic carbocycles. The highest BCUT2D eigenvalue weighted by atomic mass is 32.2. The molecule has 152 valence electrons. The second kappa shape index (κ2) is 8.33. The summed E-state index contributed by atoms with van der Waals surface area (Å²) in [6.45, 7) is 4.38. The summed E-state index contributed by atoms with van der Waals surface area (Å²) in [6.07, 6.45) is 8.56. The van der Waals surface area contributed by atoms with E-state index in [0.29, 0.717) is 12.5 Å². The van der Waals surface area contributed by atoms with Crippen LogP contribution in [0.15, 0.2) is 24.5 Å². The Morgan fingerprint density at radius 1 is 1.11 bits per heavy atom. The first kappa shape index (κ1) is 19.6. The zero-order valence-corrected chi connectivity index (χ0v) is 17.4. The van der Waals surface area contributed by atoms with Crippen LogP contribution in [0.5, 0.6) is 0 Å². The van der Waals surface area contributed by atoms with Gasteiger partial charge in [-0.25, -0.2) is 23.1 Å². The molecule has 1 atom stereocenters. The van der Waals surface area contributed by atoms with Crippen molar-refractivity contribution in [3.8, 4) is 0 Å². The largest absolute Gasteiger partial charge is 0.356 e. The second-order valence-corrected chi connectivity index (χ2v) is 10.4. The number of piperidine rings is 1. The summed E-state index contributed by atoms with van der Waals surface area (Å²) >= 11 is 0. The van der Waals surface area contributed by atoms with Gasteiger partial charge in [0.05, 0.1) is 10.8 Å². The molecule has 1 N–H and O–H groups in total. The van der Waals surface area contributed by atoms with Gasteiger partial charge in [0.1, 0.15) is 12.1 Å². The predicted octanol–water partition coefficient (Wildman–Crippen LogP) is 3.41. The van der Waals surface area contributed by atoms with Crippen LogP contribution in [0, 0.1) is 12.8 Å². The van der Waals surface area contributed by atoms with Crippen LogP contribution < -0.4 is 9.62 Å². The zero-order valence-electron chi connectivity index (χ0n) is 16.6. The monoisotopic (exact) mass is 402 g/mol. The Bertz CT molecular complexity index is 925. The van der Waals surface area contributed by atoms with Crippen LogP contribution in [0.25, 0.3) is 10.9 Å². The van der Waals surface area contributed by atoms with E-state index >= 15 is 0 Å². The number of nitrogens with zero attached hydrogens (tertiary/aromatic N) is 3. The maximum Gasteiger partial charge on any atom is 0.214 e. The Morgan fingerprint density at radius 2 is 1.93 bits per heavy atom. The molecule has 1 unspecified atom stereocenters. The number of benzene rings is 1. The molecular formula is C21H30N4O2S. The third kappa shape index (κ3) is 4.30. The first-order valence-corrected chi connectivity index (χ1v) is 12.0. The van der Waals surface area contributed by atoms with E-state index in [-0.39, 0.29) is 5.25 Å². The molecule has 2 aliphatic rings. The van der Waals surface area contributed by atoms with E-state index in [0.717, 1.165) is 74.8 Å². The molecule has 2 fully saturated rings. The van der Waals surface area contributed by atoms with Crippen LogP contribution in [0.1, 0.15) is 50.5 Å². The number of anilines is 1. The van der Waals surface area contributed by atoms with Gasteiger partial charge in [0.25, 0.3) is 0 Å². The van der Waals surface area contributed by atoms with Crippen LogP contribution in [0.4, 0.5) is 5.82 Å². The Kier molecular flexibility index (Phi) is 5.83. The zero-order chi connectivity index (χ0) is 19.6. The molecule has 1 aromatic heterocycles. The molecule has 2 aromatic rings. The molecule has 4 rings (SSSR count). The lowest BCUT2D eigenvalue weighted by Crippen LogP contribution is -2.43. The van der Waals surface area contributed by atoms with Gasteiger partial charge in [-0.1, -0.05) is 30.9 Å². The number of nitrogens with one attached hydrogen (secondary N) is 1. The van der Waals surface area contributed by atoms with Crippen LogP contribution in [-0.2, 0) is 10.0 Å². The summed E-state index contributed by atoms with van der Waals surface area (Å²) in [5.41, 5.74) is 2.15. The molecule has 1 aliphatic heterocycles. The van der Waals surface area contributed by atoms with Gasteiger partial charge in [0, 0.05) is 25.0 Å². The highest BCUT2D eigenvalue weighted by Gasteiger charge is 2.29. The van der Waals surface area contributed by atoms with E-state index in [1.165, 1.54) is 5.56 Å². The first-order valence-electron chi connectivity index (χ1n) is 10.5. The normalized spacial score (nSPS) is 21.9. The smallest absolute Gasteiger partial charge is 0.214 e. The molecule has 6 nitrogen and oxygen atoms in total. The summed E-state index contributed by atoms with van der Waals surface area (Å²) in [7, 11) is -3.20. The van der Waals surface area contributed by atoms with Crippen molar-refractivity contribution in [1.29, 1.82) is 0 Å². The van der Waals surface area contributed by atoms with E-state index in [4.69, 9.17) is 0 Å². The van der Waals surface area contributed by atoms with Crippen molar-refractivity contribution in [1.82, 2.24) is 14.7 Å². The van der Waals surface area contributed by atoms with Gasteiger partial charge < -0.3 is 4.90 Å². The third-order valence-electron chi connectivity index (χ3n) is 6.15. The minimum atomic E-state index is -3.20. The van der Waals surface area contributed by atoms with Gasteiger partial charge in [0.15, 0.2) is 0 Å². The standard InChI is InChI=1S/C21H30N4O2S/c1-16-9-10-20-19(12-16)21(23-15-22-20)25-11-5-6-17(14-25)13-24-28(26,27)18-7-3-2-4-8-18/h9-10,12,15,17-18,24H,2-8,11,13-14H2,1H3. The number of aryl methyl sites for hydroxylation is 1. The summed E-state index contributed by atoms with van der Waals surface area (Å²) in [6, 6.07) is 6.24. The SMILES string of the molecule is Cc1ccc2ncnc(N3CCCC(CNS(=O)(=O)C4CCCCC4)C3)c2c1. The Hall–Kier alpha value is -1.73. The number of aromatic nitrogens is 2. The fraction of sp³-hybridized carbons (Fsp3) is 0.619. The van der Waals surface area contributed by atoms with Crippen LogP contribution in [-0.4, -0.2) is 43.3 Å². The molecule has 2 heterocycles. The Labute approximate surface area is 167 Å². The molecule has 0 spiro atoms. The van der Waals surface area contributed by atoms with Crippen molar-refractivity contribution in [2.75, 3.05) is 24.5 Å². The highest BCUT2D eigenvalue weighted by molar-refractivity contribution is 7.90. The molecule has 28 heavy (non-hydrogen) atoms. The maximum atomic E-state index is 12.6. The minimum Gasteiger partial charge on any atom is -0.356 e. The molecular weight excluding hydrogens is 372 g/mol. The van der Waals surface area contributed by atoms with Crippen molar-refractivity contribution in [3.63, 3.8) is 0 Å². The summed E-state index contributed by atoms with van der Waals surface area (Å²) in [5, 5.41) is 0.876. The maximum absolute atomic E-state index is 12.6. The lowest BCUT2D eigenvalue weighted by molar-refractivity contribution is 0.406. The van der Waals surface area contributed by atoms with Gasteiger partial charge in [0.2, 0.25) is 10.0 Å². The topological polar surface area (TPSA) is 75.2 Å². The predicted molar refractivity (Wildman–Crippen MR) is 113 cm³/mol. The van der Waals surface area contributed by atoms with E-state index < -0.39 is 10.0 Å². The van der Waals surface area contributed by atoms with Crippen molar-refractivity contribution in [2.45, 2.75) is 57.1 Å². The van der Waals surface area contributed by atoms with Crippen LogP contribution in [0.2, 0.25) is 0 Å². The summed E-state index contributed by atoms with van der Waals surface area (Å²) < 4.78 is 28.2. The number of sulfonamides is 1. The average molecular weight is 403 g/mol. The fourth-order valence-corrected chi connectivity index (χ4v) is 6.22. The van der Waals surface area contributed by atoms with E-state index in [1.807, 2.05) is 6.07 Å². The van der Waals surface area contributed by atoms with E-state index in [9.17, 15) is 8.42 Å². The van der Waals surface area contributed by atoms with Gasteiger partial charge in [-0.2, -0.15) is 0 Å². The molecule has 1 saturated heterocycles. The third-order valence-corrected chi connectivity index (χ3v) is 8.07. The Morgan fingerprint density at radius 3 is 2.75 bits per heavy atom. The quantitative estimate of drug-likeness (QED) is 0.829. The van der Waals surface area contributed by atoms with Crippen molar-refractivity contribution >= 4 is 26.7 Å². The van der Waals surface area contributed by atoms with Crippen LogP contribution >= 0.6 is 0 Å². The number of hydrogen-bond acceptors (Lipinski definition) is 5. The molecule has 1 saturated carbocycles. The first-order chi connectivity index (χ1) is 13.5. The van der Waals surface area contributed by atoms with Gasteiger partial charge >= 0.3 is 0 Å². The van der Waals surface area contributed by atoms with Crippen molar-refractivity contribution < 1.29 is 8.42 Å². The highest BCUT2D eigenvalue weighted by Crippen LogP contribution is 2.28. The number of hydrogen-bond donors (Lipinski definition) is 1. The minimum absolute atomic E-state index is 0.199. The second-order valence-electron chi connectivity index (χ2n) is 8.33. The molecule has 1 aliphatic carbocycles. The molecule has 0 radical (unpaired) electrons. The lowest BCUT2D eigenvalue weighted by atomic mass is 9.98. The van der Waals surface area contributed by atoms with Gasteiger partial charge in [-0.3, -0.25) is 0 Å².